The number of ether oxygens (including phenoxy) is 2. The number of aliphatic hydroxyl groups excluding tert-OH is 1. The first kappa shape index (κ1) is 20.6. The van der Waals surface area contributed by atoms with Crippen molar-refractivity contribution >= 4 is 27.6 Å². The number of esters is 1. The van der Waals surface area contributed by atoms with Crippen LogP contribution in [0.5, 0.6) is 0 Å². The van der Waals surface area contributed by atoms with Crippen LogP contribution in [-0.4, -0.2) is 48.5 Å². The number of halogens is 1. The number of rotatable bonds is 4. The van der Waals surface area contributed by atoms with E-state index >= 15 is 0 Å². The SMILES string of the molecule is Cc1nc(C)c(C(O)C(=O)OC(C)C)c(N2CCC3(CCOC3)CC2)c1Br. The van der Waals surface area contributed by atoms with Crippen molar-refractivity contribution in [3.63, 3.8) is 0 Å². The van der Waals surface area contributed by atoms with E-state index in [0.29, 0.717) is 11.3 Å². The molecule has 150 valence electrons. The number of hydrogen-bond donors (Lipinski definition) is 1. The lowest BCUT2D eigenvalue weighted by Crippen LogP contribution is -2.41. The fourth-order valence-corrected chi connectivity index (χ4v) is 4.67. The maximum absolute atomic E-state index is 12.4. The molecule has 3 heterocycles. The van der Waals surface area contributed by atoms with Gasteiger partial charge in [-0.1, -0.05) is 0 Å². The van der Waals surface area contributed by atoms with Crippen LogP contribution in [-0.2, 0) is 14.3 Å². The molecule has 0 radical (unpaired) electrons. The zero-order chi connectivity index (χ0) is 19.8. The van der Waals surface area contributed by atoms with Crippen LogP contribution >= 0.6 is 15.9 Å². The smallest absolute Gasteiger partial charge is 0.340 e. The highest BCUT2D eigenvalue weighted by molar-refractivity contribution is 9.10. The summed E-state index contributed by atoms with van der Waals surface area (Å²) in [6, 6.07) is 0. The van der Waals surface area contributed by atoms with Gasteiger partial charge in [-0.3, -0.25) is 4.98 Å². The highest BCUT2D eigenvalue weighted by Gasteiger charge is 2.40. The topological polar surface area (TPSA) is 71.9 Å². The molecule has 1 atom stereocenters. The van der Waals surface area contributed by atoms with E-state index in [4.69, 9.17) is 9.47 Å². The van der Waals surface area contributed by atoms with E-state index < -0.39 is 12.1 Å². The summed E-state index contributed by atoms with van der Waals surface area (Å²) in [6.45, 7) is 10.7. The van der Waals surface area contributed by atoms with Crippen LogP contribution in [0.2, 0.25) is 0 Å². The summed E-state index contributed by atoms with van der Waals surface area (Å²) in [7, 11) is 0. The second-order valence-electron chi connectivity index (χ2n) is 8.04. The van der Waals surface area contributed by atoms with E-state index in [1.54, 1.807) is 13.8 Å². The molecule has 2 aliphatic heterocycles. The number of pyridine rings is 1. The summed E-state index contributed by atoms with van der Waals surface area (Å²) >= 11 is 3.65. The van der Waals surface area contributed by atoms with Gasteiger partial charge in [-0.25, -0.2) is 4.79 Å². The second-order valence-corrected chi connectivity index (χ2v) is 8.83. The zero-order valence-electron chi connectivity index (χ0n) is 16.5. The Hall–Kier alpha value is -1.18. The average Bonchev–Trinajstić information content (AvgIpc) is 3.06. The Balaban J connectivity index is 1.93. The predicted molar refractivity (Wildman–Crippen MR) is 107 cm³/mol. The third-order valence-corrected chi connectivity index (χ3v) is 6.63. The molecule has 0 aliphatic carbocycles. The molecule has 2 saturated heterocycles. The number of nitrogens with zero attached hydrogens (tertiary/aromatic N) is 2. The van der Waals surface area contributed by atoms with Crippen molar-refractivity contribution in [3.05, 3.63) is 21.4 Å². The molecule has 0 saturated carbocycles. The molecule has 1 N–H and O–H groups in total. The van der Waals surface area contributed by atoms with Gasteiger partial charge in [0.1, 0.15) is 0 Å². The summed E-state index contributed by atoms with van der Waals surface area (Å²) in [5, 5.41) is 10.8. The van der Waals surface area contributed by atoms with Crippen LogP contribution in [0.3, 0.4) is 0 Å². The van der Waals surface area contributed by atoms with Gasteiger partial charge in [0.25, 0.3) is 0 Å². The molecule has 3 rings (SSSR count). The summed E-state index contributed by atoms with van der Waals surface area (Å²) in [5.74, 6) is -0.635. The summed E-state index contributed by atoms with van der Waals surface area (Å²) < 4.78 is 11.7. The van der Waals surface area contributed by atoms with E-state index in [-0.39, 0.29) is 11.5 Å². The third-order valence-electron chi connectivity index (χ3n) is 5.68. The van der Waals surface area contributed by atoms with Gasteiger partial charge in [0.15, 0.2) is 6.10 Å². The van der Waals surface area contributed by atoms with Gasteiger partial charge in [0.2, 0.25) is 0 Å². The van der Waals surface area contributed by atoms with Gasteiger partial charge in [-0.2, -0.15) is 0 Å². The number of anilines is 1. The van der Waals surface area contributed by atoms with E-state index in [0.717, 1.165) is 61.4 Å². The number of aromatic nitrogens is 1. The molecular weight excluding hydrogens is 412 g/mol. The lowest BCUT2D eigenvalue weighted by atomic mass is 9.78. The maximum atomic E-state index is 12.4. The van der Waals surface area contributed by atoms with Crippen LogP contribution in [0.4, 0.5) is 5.69 Å². The zero-order valence-corrected chi connectivity index (χ0v) is 18.1. The van der Waals surface area contributed by atoms with Crippen LogP contribution < -0.4 is 4.90 Å². The normalized spacial score (nSPS) is 20.3. The molecule has 2 aliphatic rings. The Morgan fingerprint density at radius 1 is 1.26 bits per heavy atom. The molecule has 0 amide bonds. The fourth-order valence-electron chi connectivity index (χ4n) is 4.12. The van der Waals surface area contributed by atoms with Gasteiger partial charge < -0.3 is 19.5 Å². The van der Waals surface area contributed by atoms with Crippen LogP contribution in [0.15, 0.2) is 4.47 Å². The van der Waals surface area contributed by atoms with Crippen molar-refractivity contribution in [2.45, 2.75) is 59.2 Å². The Labute approximate surface area is 169 Å². The first-order valence-corrected chi connectivity index (χ1v) is 10.4. The first-order chi connectivity index (χ1) is 12.7. The molecule has 27 heavy (non-hydrogen) atoms. The lowest BCUT2D eigenvalue weighted by Gasteiger charge is -2.41. The largest absolute Gasteiger partial charge is 0.461 e. The molecule has 0 aromatic carbocycles. The van der Waals surface area contributed by atoms with Crippen molar-refractivity contribution < 1.29 is 19.4 Å². The molecule has 0 bridgehead atoms. The number of carbonyl (C=O) groups is 1. The number of aliphatic hydroxyl groups is 1. The number of hydrogen-bond acceptors (Lipinski definition) is 6. The van der Waals surface area contributed by atoms with E-state index in [1.165, 1.54) is 0 Å². The molecule has 7 heteroatoms. The molecule has 1 spiro atoms. The van der Waals surface area contributed by atoms with Gasteiger partial charge in [0.05, 0.1) is 28.6 Å². The minimum atomic E-state index is -1.35. The fraction of sp³-hybridized carbons (Fsp3) is 0.700. The van der Waals surface area contributed by atoms with Crippen LogP contribution in [0.25, 0.3) is 0 Å². The Bertz CT molecular complexity index is 706. The van der Waals surface area contributed by atoms with Crippen molar-refractivity contribution in [2.75, 3.05) is 31.2 Å². The maximum Gasteiger partial charge on any atom is 0.340 e. The average molecular weight is 441 g/mol. The molecule has 6 nitrogen and oxygen atoms in total. The molecule has 2 fully saturated rings. The molecule has 1 unspecified atom stereocenters. The van der Waals surface area contributed by atoms with Crippen molar-refractivity contribution in [1.29, 1.82) is 0 Å². The van der Waals surface area contributed by atoms with E-state index in [1.807, 2.05) is 13.8 Å². The lowest BCUT2D eigenvalue weighted by molar-refractivity contribution is -0.157. The number of aryl methyl sites for hydroxylation is 2. The number of carbonyl (C=O) groups excluding carboxylic acids is 1. The quantitative estimate of drug-likeness (QED) is 0.722. The predicted octanol–water partition coefficient (Wildman–Crippen LogP) is 3.45. The monoisotopic (exact) mass is 440 g/mol. The van der Waals surface area contributed by atoms with Gasteiger partial charge in [-0.15, -0.1) is 0 Å². The molecule has 1 aromatic rings. The van der Waals surface area contributed by atoms with E-state index in [9.17, 15) is 9.90 Å². The Morgan fingerprint density at radius 2 is 1.93 bits per heavy atom. The Morgan fingerprint density at radius 3 is 2.48 bits per heavy atom. The highest BCUT2D eigenvalue weighted by atomic mass is 79.9. The standard InChI is InChI=1S/C20H29BrN2O4/c1-12(2)27-19(25)18(24)15-13(3)22-14(4)16(21)17(15)23-8-5-20(6-9-23)7-10-26-11-20/h12,18,24H,5-11H2,1-4H3. The van der Waals surface area contributed by atoms with Crippen molar-refractivity contribution in [2.24, 2.45) is 5.41 Å². The van der Waals surface area contributed by atoms with Gasteiger partial charge >= 0.3 is 5.97 Å². The molecular formula is C20H29BrN2O4. The summed E-state index contributed by atoms with van der Waals surface area (Å²) in [5.41, 5.74) is 3.19. The van der Waals surface area contributed by atoms with Gasteiger partial charge in [-0.05, 0) is 68.3 Å². The molecule has 1 aromatic heterocycles. The minimum absolute atomic E-state index is 0.282. The van der Waals surface area contributed by atoms with Crippen molar-refractivity contribution in [1.82, 2.24) is 4.98 Å². The highest BCUT2D eigenvalue weighted by Crippen LogP contribution is 2.44. The first-order valence-electron chi connectivity index (χ1n) is 9.62. The summed E-state index contributed by atoms with van der Waals surface area (Å²) in [4.78, 5) is 19.2. The summed E-state index contributed by atoms with van der Waals surface area (Å²) in [6.07, 6.45) is 1.58. The second kappa shape index (κ2) is 8.05. The minimum Gasteiger partial charge on any atom is -0.461 e. The van der Waals surface area contributed by atoms with Crippen LogP contribution in [0.1, 0.15) is 56.2 Å². The number of piperidine rings is 1. The van der Waals surface area contributed by atoms with Gasteiger partial charge in [0, 0.05) is 31.0 Å². The van der Waals surface area contributed by atoms with Crippen LogP contribution in [0, 0.1) is 19.3 Å². The van der Waals surface area contributed by atoms with E-state index in [2.05, 4.69) is 25.8 Å². The third kappa shape index (κ3) is 4.15. The van der Waals surface area contributed by atoms with Crippen molar-refractivity contribution in [3.8, 4) is 0 Å². The Kier molecular flexibility index (Phi) is 6.13.